The van der Waals surface area contributed by atoms with Gasteiger partial charge in [-0.05, 0) is 30.5 Å². The standard InChI is InChI=1S/C13H17NO3/c1-3-9-7-14(8-9)12-5-4-10(17-2)6-11(12)13(15)16/h4-6,9H,3,7-8H2,1-2H3,(H,15,16). The molecule has 0 atom stereocenters. The molecule has 0 amide bonds. The molecule has 0 saturated carbocycles. The van der Waals surface area contributed by atoms with Crippen molar-refractivity contribution >= 4 is 11.7 Å². The summed E-state index contributed by atoms with van der Waals surface area (Å²) in [7, 11) is 1.54. The first kappa shape index (κ1) is 11.8. The topological polar surface area (TPSA) is 49.8 Å². The third kappa shape index (κ3) is 2.20. The van der Waals surface area contributed by atoms with Gasteiger partial charge in [0, 0.05) is 13.1 Å². The van der Waals surface area contributed by atoms with E-state index in [1.165, 1.54) is 7.11 Å². The number of carbonyl (C=O) groups is 1. The maximum Gasteiger partial charge on any atom is 0.337 e. The fourth-order valence-electron chi connectivity index (χ4n) is 2.11. The molecule has 0 radical (unpaired) electrons. The fourth-order valence-corrected chi connectivity index (χ4v) is 2.11. The molecule has 1 heterocycles. The third-order valence-electron chi connectivity index (χ3n) is 3.31. The number of carboxylic acid groups (broad SMARTS) is 1. The molecule has 1 fully saturated rings. The summed E-state index contributed by atoms with van der Waals surface area (Å²) in [5.74, 6) is 0.372. The minimum atomic E-state index is -0.904. The van der Waals surface area contributed by atoms with Crippen molar-refractivity contribution in [1.82, 2.24) is 0 Å². The highest BCUT2D eigenvalue weighted by molar-refractivity contribution is 5.95. The van der Waals surface area contributed by atoms with Gasteiger partial charge in [-0.3, -0.25) is 0 Å². The van der Waals surface area contributed by atoms with Crippen LogP contribution in [0.3, 0.4) is 0 Å². The highest BCUT2D eigenvalue weighted by Gasteiger charge is 2.28. The molecule has 0 spiro atoms. The van der Waals surface area contributed by atoms with Crippen LogP contribution in [0.5, 0.6) is 5.75 Å². The molecule has 4 nitrogen and oxygen atoms in total. The van der Waals surface area contributed by atoms with Gasteiger partial charge in [0.25, 0.3) is 0 Å². The Morgan fingerprint density at radius 1 is 1.53 bits per heavy atom. The molecular weight excluding hydrogens is 218 g/mol. The van der Waals surface area contributed by atoms with Crippen LogP contribution in [0, 0.1) is 5.92 Å². The maximum atomic E-state index is 11.2. The van der Waals surface area contributed by atoms with Gasteiger partial charge in [0.15, 0.2) is 0 Å². The van der Waals surface area contributed by atoms with Gasteiger partial charge in [-0.2, -0.15) is 0 Å². The number of anilines is 1. The van der Waals surface area contributed by atoms with Crippen LogP contribution in [0.4, 0.5) is 5.69 Å². The monoisotopic (exact) mass is 235 g/mol. The van der Waals surface area contributed by atoms with E-state index < -0.39 is 5.97 Å². The van der Waals surface area contributed by atoms with Crippen LogP contribution in [0.15, 0.2) is 18.2 Å². The summed E-state index contributed by atoms with van der Waals surface area (Å²) < 4.78 is 5.05. The Morgan fingerprint density at radius 3 is 2.76 bits per heavy atom. The molecule has 1 aromatic rings. The molecule has 1 aliphatic heterocycles. The minimum Gasteiger partial charge on any atom is -0.497 e. The summed E-state index contributed by atoms with van der Waals surface area (Å²) in [6.45, 7) is 4.06. The van der Waals surface area contributed by atoms with Gasteiger partial charge in [-0.1, -0.05) is 6.92 Å². The Balaban J connectivity index is 2.25. The van der Waals surface area contributed by atoms with Crippen molar-refractivity contribution in [3.8, 4) is 5.75 Å². The zero-order chi connectivity index (χ0) is 12.4. The Bertz CT molecular complexity index is 425. The molecule has 17 heavy (non-hydrogen) atoms. The van der Waals surface area contributed by atoms with Crippen molar-refractivity contribution < 1.29 is 14.6 Å². The number of nitrogens with zero attached hydrogens (tertiary/aromatic N) is 1. The van der Waals surface area contributed by atoms with Crippen molar-refractivity contribution in [2.24, 2.45) is 5.92 Å². The normalized spacial score (nSPS) is 15.5. The van der Waals surface area contributed by atoms with Gasteiger partial charge < -0.3 is 14.7 Å². The lowest BCUT2D eigenvalue weighted by molar-refractivity contribution is 0.0696. The number of methoxy groups -OCH3 is 1. The molecular formula is C13H17NO3. The van der Waals surface area contributed by atoms with E-state index in [1.807, 2.05) is 6.07 Å². The molecule has 0 bridgehead atoms. The Hall–Kier alpha value is -1.71. The second kappa shape index (κ2) is 4.65. The van der Waals surface area contributed by atoms with Crippen LogP contribution >= 0.6 is 0 Å². The number of benzene rings is 1. The number of rotatable bonds is 4. The highest BCUT2D eigenvalue weighted by atomic mass is 16.5. The molecule has 0 aliphatic carbocycles. The number of carboxylic acids is 1. The quantitative estimate of drug-likeness (QED) is 0.869. The van der Waals surface area contributed by atoms with Crippen LogP contribution in [0.1, 0.15) is 23.7 Å². The fraction of sp³-hybridized carbons (Fsp3) is 0.462. The molecule has 0 unspecified atom stereocenters. The molecule has 4 heteroatoms. The molecule has 0 aromatic heterocycles. The van der Waals surface area contributed by atoms with Crippen LogP contribution in [-0.2, 0) is 0 Å². The summed E-state index contributed by atoms with van der Waals surface area (Å²) in [4.78, 5) is 13.3. The predicted octanol–water partition coefficient (Wildman–Crippen LogP) is 2.24. The number of aromatic carboxylic acids is 1. The van der Waals surface area contributed by atoms with Gasteiger partial charge >= 0.3 is 5.97 Å². The average Bonchev–Trinajstić information content (AvgIpc) is 2.27. The Labute approximate surface area is 101 Å². The lowest BCUT2D eigenvalue weighted by Gasteiger charge is -2.41. The zero-order valence-corrected chi connectivity index (χ0v) is 10.1. The molecule has 1 N–H and O–H groups in total. The van der Waals surface area contributed by atoms with Crippen LogP contribution in [0.25, 0.3) is 0 Å². The first-order valence-corrected chi connectivity index (χ1v) is 5.82. The molecule has 1 saturated heterocycles. The predicted molar refractivity (Wildman–Crippen MR) is 65.9 cm³/mol. The van der Waals surface area contributed by atoms with Gasteiger partial charge in [-0.15, -0.1) is 0 Å². The molecule has 1 aliphatic rings. The first-order chi connectivity index (χ1) is 8.15. The Morgan fingerprint density at radius 2 is 2.24 bits per heavy atom. The average molecular weight is 235 g/mol. The van der Waals surface area contributed by atoms with Gasteiger partial charge in [-0.25, -0.2) is 4.79 Å². The number of hydrogen-bond acceptors (Lipinski definition) is 3. The van der Waals surface area contributed by atoms with E-state index in [4.69, 9.17) is 4.74 Å². The second-order valence-corrected chi connectivity index (χ2v) is 4.37. The van der Waals surface area contributed by atoms with Crippen molar-refractivity contribution in [2.75, 3.05) is 25.1 Å². The summed E-state index contributed by atoms with van der Waals surface area (Å²) in [5.41, 5.74) is 1.11. The van der Waals surface area contributed by atoms with Crippen molar-refractivity contribution in [3.63, 3.8) is 0 Å². The molecule has 1 aromatic carbocycles. The summed E-state index contributed by atoms with van der Waals surface area (Å²) in [6, 6.07) is 5.21. The van der Waals surface area contributed by atoms with Gasteiger partial charge in [0.1, 0.15) is 5.75 Å². The third-order valence-corrected chi connectivity index (χ3v) is 3.31. The van der Waals surface area contributed by atoms with Crippen LogP contribution < -0.4 is 9.64 Å². The molecule has 92 valence electrons. The van der Waals surface area contributed by atoms with E-state index in [-0.39, 0.29) is 0 Å². The van der Waals surface area contributed by atoms with Crippen molar-refractivity contribution in [3.05, 3.63) is 23.8 Å². The largest absolute Gasteiger partial charge is 0.497 e. The lowest BCUT2D eigenvalue weighted by atomic mass is 9.95. The van der Waals surface area contributed by atoms with Gasteiger partial charge in [0.05, 0.1) is 18.4 Å². The first-order valence-electron chi connectivity index (χ1n) is 5.82. The van der Waals surface area contributed by atoms with Crippen LogP contribution in [0.2, 0.25) is 0 Å². The maximum absolute atomic E-state index is 11.2. The van der Waals surface area contributed by atoms with E-state index in [0.717, 1.165) is 25.2 Å². The molecule has 2 rings (SSSR count). The SMILES string of the molecule is CCC1CN(c2ccc(OC)cc2C(=O)O)C1. The minimum absolute atomic E-state index is 0.318. The summed E-state index contributed by atoms with van der Waals surface area (Å²) in [6.07, 6.45) is 1.15. The van der Waals surface area contributed by atoms with Crippen LogP contribution in [-0.4, -0.2) is 31.3 Å². The Kier molecular flexibility index (Phi) is 3.22. The lowest BCUT2D eigenvalue weighted by Crippen LogP contribution is -2.47. The zero-order valence-electron chi connectivity index (χ0n) is 10.1. The van der Waals surface area contributed by atoms with Gasteiger partial charge in [0.2, 0.25) is 0 Å². The van der Waals surface area contributed by atoms with Crippen molar-refractivity contribution in [2.45, 2.75) is 13.3 Å². The van der Waals surface area contributed by atoms with E-state index in [1.54, 1.807) is 12.1 Å². The summed E-state index contributed by atoms with van der Waals surface area (Å²) in [5, 5.41) is 9.19. The van der Waals surface area contributed by atoms with Crippen molar-refractivity contribution in [1.29, 1.82) is 0 Å². The van der Waals surface area contributed by atoms with E-state index in [0.29, 0.717) is 17.2 Å². The second-order valence-electron chi connectivity index (χ2n) is 4.37. The highest BCUT2D eigenvalue weighted by Crippen LogP contribution is 2.31. The van der Waals surface area contributed by atoms with E-state index in [9.17, 15) is 9.90 Å². The van der Waals surface area contributed by atoms with E-state index in [2.05, 4.69) is 11.8 Å². The smallest absolute Gasteiger partial charge is 0.337 e. The van der Waals surface area contributed by atoms with E-state index >= 15 is 0 Å². The number of hydrogen-bond donors (Lipinski definition) is 1. The summed E-state index contributed by atoms with van der Waals surface area (Å²) >= 11 is 0. The number of ether oxygens (including phenoxy) is 1.